The lowest BCUT2D eigenvalue weighted by molar-refractivity contribution is 1.22. The zero-order chi connectivity index (χ0) is 17.2. The Kier molecular flexibility index (Phi) is 4.11. The minimum Gasteiger partial charge on any atom is -0.0801 e. The number of allylic oxidation sites excluding steroid dienone is 9. The lowest BCUT2D eigenvalue weighted by Crippen LogP contribution is -1.94. The molecule has 0 unspecified atom stereocenters. The third kappa shape index (κ3) is 2.85. The standard InChI is InChI=1S/C25H22/c1-18-17-23(19(2)24(18)20-15-9-10-16-20)25(21-11-5-3-6-12-21)22-13-7-4-8-14-22/h3-15,17H,16H2,1-2H3. The lowest BCUT2D eigenvalue weighted by Gasteiger charge is -2.14. The third-order valence-corrected chi connectivity index (χ3v) is 5.02. The molecule has 4 rings (SSSR count). The summed E-state index contributed by atoms with van der Waals surface area (Å²) in [7, 11) is 0. The molecule has 0 fully saturated rings. The Labute approximate surface area is 150 Å². The first-order chi connectivity index (χ1) is 12.3. The van der Waals surface area contributed by atoms with E-state index < -0.39 is 0 Å². The van der Waals surface area contributed by atoms with Crippen LogP contribution in [0, 0.1) is 0 Å². The zero-order valence-corrected chi connectivity index (χ0v) is 14.8. The van der Waals surface area contributed by atoms with Crippen molar-refractivity contribution in [3.8, 4) is 0 Å². The van der Waals surface area contributed by atoms with Gasteiger partial charge in [-0.3, -0.25) is 0 Å². The number of benzene rings is 2. The predicted octanol–water partition coefficient (Wildman–Crippen LogP) is 6.65. The molecule has 0 atom stereocenters. The highest BCUT2D eigenvalue weighted by molar-refractivity contribution is 5.89. The minimum absolute atomic E-state index is 1.04. The topological polar surface area (TPSA) is 0 Å². The van der Waals surface area contributed by atoms with Crippen LogP contribution in [-0.4, -0.2) is 0 Å². The van der Waals surface area contributed by atoms with Gasteiger partial charge in [-0.15, -0.1) is 0 Å². The predicted molar refractivity (Wildman–Crippen MR) is 107 cm³/mol. The second kappa shape index (κ2) is 6.57. The summed E-state index contributed by atoms with van der Waals surface area (Å²) in [4.78, 5) is 0. The Morgan fingerprint density at radius 2 is 1.40 bits per heavy atom. The molecule has 0 aromatic heterocycles. The van der Waals surface area contributed by atoms with Gasteiger partial charge in [0.2, 0.25) is 0 Å². The van der Waals surface area contributed by atoms with Gasteiger partial charge in [0, 0.05) is 0 Å². The Balaban J connectivity index is 1.96. The van der Waals surface area contributed by atoms with E-state index in [1.165, 1.54) is 44.6 Å². The van der Waals surface area contributed by atoms with Crippen molar-refractivity contribution >= 4 is 5.57 Å². The Bertz CT molecular complexity index is 904. The van der Waals surface area contributed by atoms with Crippen molar-refractivity contribution in [1.82, 2.24) is 0 Å². The van der Waals surface area contributed by atoms with Gasteiger partial charge < -0.3 is 0 Å². The average molecular weight is 322 g/mol. The molecule has 2 aliphatic carbocycles. The highest BCUT2D eigenvalue weighted by Gasteiger charge is 2.23. The fraction of sp³-hybridized carbons (Fsp3) is 0.120. The zero-order valence-electron chi connectivity index (χ0n) is 14.8. The first-order valence-electron chi connectivity index (χ1n) is 8.87. The van der Waals surface area contributed by atoms with E-state index in [4.69, 9.17) is 0 Å². The molecule has 0 bridgehead atoms. The minimum atomic E-state index is 1.04. The van der Waals surface area contributed by atoms with Crippen LogP contribution in [0.25, 0.3) is 5.57 Å². The van der Waals surface area contributed by atoms with Crippen LogP contribution in [0.3, 0.4) is 0 Å². The lowest BCUT2D eigenvalue weighted by atomic mass is 9.90. The normalized spacial score (nSPS) is 16.3. The summed E-state index contributed by atoms with van der Waals surface area (Å²) < 4.78 is 0. The van der Waals surface area contributed by atoms with Gasteiger partial charge in [0.1, 0.15) is 0 Å². The summed E-state index contributed by atoms with van der Waals surface area (Å²) in [5.74, 6) is 0. The van der Waals surface area contributed by atoms with E-state index >= 15 is 0 Å². The van der Waals surface area contributed by atoms with Crippen molar-refractivity contribution in [1.29, 1.82) is 0 Å². The summed E-state index contributed by atoms with van der Waals surface area (Å²) in [5, 5.41) is 0. The van der Waals surface area contributed by atoms with Crippen LogP contribution >= 0.6 is 0 Å². The monoisotopic (exact) mass is 322 g/mol. The molecule has 0 spiro atoms. The molecule has 0 amide bonds. The fourth-order valence-electron chi connectivity index (χ4n) is 3.90. The van der Waals surface area contributed by atoms with Crippen LogP contribution in [-0.2, 0) is 0 Å². The molecular formula is C25H22. The van der Waals surface area contributed by atoms with E-state index in [-0.39, 0.29) is 0 Å². The molecule has 122 valence electrons. The smallest absolute Gasteiger partial charge is 0.00359 e. The van der Waals surface area contributed by atoms with Gasteiger partial charge in [-0.05, 0) is 64.8 Å². The van der Waals surface area contributed by atoms with Crippen molar-refractivity contribution in [2.75, 3.05) is 0 Å². The first kappa shape index (κ1) is 15.7. The Morgan fingerprint density at radius 3 is 1.92 bits per heavy atom. The van der Waals surface area contributed by atoms with Gasteiger partial charge in [0.15, 0.2) is 0 Å². The van der Waals surface area contributed by atoms with E-state index in [0.29, 0.717) is 0 Å². The maximum Gasteiger partial charge on any atom is -0.00359 e. The van der Waals surface area contributed by atoms with E-state index in [2.05, 4.69) is 98.8 Å². The van der Waals surface area contributed by atoms with Gasteiger partial charge in [-0.25, -0.2) is 0 Å². The Morgan fingerprint density at radius 1 is 0.800 bits per heavy atom. The summed E-state index contributed by atoms with van der Waals surface area (Å²) in [6.45, 7) is 4.50. The molecule has 25 heavy (non-hydrogen) atoms. The van der Waals surface area contributed by atoms with Gasteiger partial charge in [0.05, 0.1) is 0 Å². The van der Waals surface area contributed by atoms with Crippen LogP contribution in [0.5, 0.6) is 0 Å². The SMILES string of the molecule is CC1=CC(=C(c2ccccc2)c2ccccc2)C(C)=C1C1=CC=CC1. The second-order valence-electron chi connectivity index (χ2n) is 6.67. The third-order valence-electron chi connectivity index (χ3n) is 5.02. The van der Waals surface area contributed by atoms with E-state index in [1.807, 2.05) is 0 Å². The average Bonchev–Trinajstić information content (AvgIpc) is 3.26. The van der Waals surface area contributed by atoms with Gasteiger partial charge in [0.25, 0.3) is 0 Å². The number of hydrogen-bond donors (Lipinski definition) is 0. The molecule has 0 N–H and O–H groups in total. The van der Waals surface area contributed by atoms with Crippen LogP contribution in [0.1, 0.15) is 31.4 Å². The van der Waals surface area contributed by atoms with Crippen molar-refractivity contribution < 1.29 is 0 Å². The van der Waals surface area contributed by atoms with Crippen molar-refractivity contribution in [3.05, 3.63) is 124 Å². The van der Waals surface area contributed by atoms with Crippen LogP contribution in [0.15, 0.2) is 113 Å². The molecule has 2 aromatic rings. The van der Waals surface area contributed by atoms with E-state index in [1.54, 1.807) is 0 Å². The van der Waals surface area contributed by atoms with Crippen LogP contribution in [0.4, 0.5) is 0 Å². The maximum absolute atomic E-state index is 2.36. The quantitative estimate of drug-likeness (QED) is 0.593. The fourth-order valence-corrected chi connectivity index (χ4v) is 3.90. The molecule has 2 aromatic carbocycles. The van der Waals surface area contributed by atoms with Crippen LogP contribution in [0.2, 0.25) is 0 Å². The molecule has 0 heteroatoms. The highest BCUT2D eigenvalue weighted by Crippen LogP contribution is 2.42. The highest BCUT2D eigenvalue weighted by atomic mass is 14.3. The first-order valence-corrected chi connectivity index (χ1v) is 8.87. The summed E-state index contributed by atoms with van der Waals surface area (Å²) in [6, 6.07) is 21.5. The van der Waals surface area contributed by atoms with E-state index in [9.17, 15) is 0 Å². The molecule has 0 heterocycles. The number of rotatable bonds is 3. The Hall–Kier alpha value is -2.86. The second-order valence-corrected chi connectivity index (χ2v) is 6.67. The molecule has 0 saturated carbocycles. The summed E-state index contributed by atoms with van der Waals surface area (Å²) >= 11 is 0. The largest absolute Gasteiger partial charge is 0.0801 e. The van der Waals surface area contributed by atoms with Gasteiger partial charge in [-0.2, -0.15) is 0 Å². The number of hydrogen-bond acceptors (Lipinski definition) is 0. The molecule has 0 saturated heterocycles. The molecule has 0 radical (unpaired) electrons. The van der Waals surface area contributed by atoms with Crippen molar-refractivity contribution in [3.63, 3.8) is 0 Å². The van der Waals surface area contributed by atoms with Crippen molar-refractivity contribution in [2.24, 2.45) is 0 Å². The molecule has 2 aliphatic rings. The summed E-state index contributed by atoms with van der Waals surface area (Å²) in [5.41, 5.74) is 10.8. The van der Waals surface area contributed by atoms with Crippen molar-refractivity contribution in [2.45, 2.75) is 20.3 Å². The van der Waals surface area contributed by atoms with E-state index in [0.717, 1.165) is 6.42 Å². The van der Waals surface area contributed by atoms with Gasteiger partial charge in [-0.1, -0.05) is 85.0 Å². The van der Waals surface area contributed by atoms with Crippen LogP contribution < -0.4 is 0 Å². The van der Waals surface area contributed by atoms with Gasteiger partial charge >= 0.3 is 0 Å². The molecular weight excluding hydrogens is 300 g/mol. The molecule has 0 aliphatic heterocycles. The summed E-state index contributed by atoms with van der Waals surface area (Å²) in [6.07, 6.45) is 10.1. The molecule has 0 nitrogen and oxygen atoms in total. The maximum atomic E-state index is 2.36.